The van der Waals surface area contributed by atoms with Crippen LogP contribution < -0.4 is 15.4 Å². The second kappa shape index (κ2) is 11.9. The number of alkyl carbamates (subject to hydrolysis) is 1. The van der Waals surface area contributed by atoms with Crippen molar-refractivity contribution in [2.75, 3.05) is 18.5 Å². The molecule has 0 aliphatic rings. The lowest BCUT2D eigenvalue weighted by molar-refractivity contribution is -0.123. The van der Waals surface area contributed by atoms with Crippen molar-refractivity contribution in [1.82, 2.24) is 5.32 Å². The molecule has 1 atom stereocenters. The number of aryl methyl sites for hydroxylation is 1. The molecule has 3 N–H and O–H groups in total. The van der Waals surface area contributed by atoms with Gasteiger partial charge < -0.3 is 25.2 Å². The Bertz CT molecular complexity index is 1200. The minimum atomic E-state index is -1.55. The Morgan fingerprint density at radius 3 is 2.14 bits per heavy atom. The number of amides is 2. The van der Waals surface area contributed by atoms with Crippen molar-refractivity contribution in [2.24, 2.45) is 0 Å². The van der Waals surface area contributed by atoms with Crippen LogP contribution in [0.25, 0.3) is 11.1 Å². The fourth-order valence-electron chi connectivity index (χ4n) is 3.63. The zero-order chi connectivity index (χ0) is 27.1. The minimum absolute atomic E-state index is 0.509. The molecular weight excluding hydrogens is 468 g/mol. The monoisotopic (exact) mass is 504 g/mol. The van der Waals surface area contributed by atoms with Crippen molar-refractivity contribution in [3.63, 3.8) is 0 Å². The Morgan fingerprint density at radius 2 is 1.54 bits per heavy atom. The van der Waals surface area contributed by atoms with Crippen LogP contribution in [0, 0.1) is 6.92 Å². The number of carbonyl (C=O) groups excluding carboxylic acids is 2. The molecule has 0 aromatic heterocycles. The van der Waals surface area contributed by atoms with Gasteiger partial charge in [0.2, 0.25) is 0 Å². The summed E-state index contributed by atoms with van der Waals surface area (Å²) in [6.45, 7) is 8.61. The van der Waals surface area contributed by atoms with E-state index in [0.717, 1.165) is 6.42 Å². The molecule has 2 amide bonds. The van der Waals surface area contributed by atoms with Gasteiger partial charge >= 0.3 is 6.09 Å². The van der Waals surface area contributed by atoms with Crippen LogP contribution in [0.1, 0.15) is 38.8 Å². The van der Waals surface area contributed by atoms with Crippen LogP contribution in [0.15, 0.2) is 72.8 Å². The summed E-state index contributed by atoms with van der Waals surface area (Å²) in [5.74, 6) is 0.106. The van der Waals surface area contributed by atoms with Crippen LogP contribution >= 0.6 is 0 Å². The van der Waals surface area contributed by atoms with Gasteiger partial charge in [-0.05, 0) is 81.1 Å². The highest BCUT2D eigenvalue weighted by molar-refractivity contribution is 5.99. The maximum Gasteiger partial charge on any atom is 0.408 e. The van der Waals surface area contributed by atoms with E-state index in [-0.39, 0.29) is 0 Å². The van der Waals surface area contributed by atoms with Crippen LogP contribution in [-0.2, 0) is 16.0 Å². The molecule has 0 heterocycles. The molecule has 0 fully saturated rings. The predicted molar refractivity (Wildman–Crippen MR) is 146 cm³/mol. The lowest BCUT2D eigenvalue weighted by atomic mass is 9.99. The van der Waals surface area contributed by atoms with E-state index in [4.69, 9.17) is 9.47 Å². The predicted octanol–water partition coefficient (Wildman–Crippen LogP) is 5.50. The van der Waals surface area contributed by atoms with Gasteiger partial charge in [-0.15, -0.1) is 0 Å². The van der Waals surface area contributed by atoms with Gasteiger partial charge in [0.05, 0.1) is 13.2 Å². The number of carbonyl (C=O) groups is 2. The van der Waals surface area contributed by atoms with E-state index in [0.29, 0.717) is 18.0 Å². The zero-order valence-corrected chi connectivity index (χ0v) is 22.1. The van der Waals surface area contributed by atoms with E-state index in [2.05, 4.69) is 54.0 Å². The molecule has 3 rings (SSSR count). The number of rotatable bonds is 9. The summed E-state index contributed by atoms with van der Waals surface area (Å²) < 4.78 is 11.1. The first kappa shape index (κ1) is 27.7. The number of benzene rings is 3. The third-order valence-corrected chi connectivity index (χ3v) is 5.78. The van der Waals surface area contributed by atoms with E-state index in [1.807, 2.05) is 12.1 Å². The Kier molecular flexibility index (Phi) is 8.95. The number of ether oxygens (including phenoxy) is 2. The molecule has 0 radical (unpaired) electrons. The number of nitrogens with one attached hydrogen (secondary N) is 2. The van der Waals surface area contributed by atoms with Crippen molar-refractivity contribution in [2.45, 2.75) is 52.2 Å². The zero-order valence-electron chi connectivity index (χ0n) is 22.1. The van der Waals surface area contributed by atoms with Crippen LogP contribution in [0.2, 0.25) is 0 Å². The van der Waals surface area contributed by atoms with Gasteiger partial charge in [0.15, 0.2) is 0 Å². The first-order valence-electron chi connectivity index (χ1n) is 12.3. The Morgan fingerprint density at radius 1 is 0.892 bits per heavy atom. The van der Waals surface area contributed by atoms with Crippen molar-refractivity contribution >= 4 is 17.7 Å². The van der Waals surface area contributed by atoms with E-state index in [1.165, 1.54) is 29.2 Å². The first-order valence-corrected chi connectivity index (χ1v) is 12.3. The number of hydrogen-bond acceptors (Lipinski definition) is 5. The quantitative estimate of drug-likeness (QED) is 0.358. The Balaban J connectivity index is 1.50. The summed E-state index contributed by atoms with van der Waals surface area (Å²) in [6.07, 6.45) is -0.0228. The molecule has 0 aliphatic carbocycles. The number of anilines is 1. The van der Waals surface area contributed by atoms with E-state index >= 15 is 0 Å². The van der Waals surface area contributed by atoms with Gasteiger partial charge in [-0.1, -0.05) is 48.5 Å². The third kappa shape index (κ3) is 8.08. The molecule has 37 heavy (non-hydrogen) atoms. The van der Waals surface area contributed by atoms with Crippen molar-refractivity contribution in [3.8, 4) is 16.9 Å². The SMILES string of the molecule is Cc1ccccc1-c1ccc(CCOc2ccc(NC(=O)[C@](C)(CO)NC(=O)OC(C)(C)C)cc2)cc1. The standard InChI is InChI=1S/C30H36N2O5/c1-21-8-6-7-9-26(21)23-12-10-22(11-13-23)18-19-36-25-16-14-24(15-17-25)31-27(34)30(5,20-33)32-28(35)37-29(2,3)4/h6-17,33H,18-20H2,1-5H3,(H,31,34)(H,32,35)/t30-/m0/s1. The summed E-state index contributed by atoms with van der Waals surface area (Å²) >= 11 is 0. The van der Waals surface area contributed by atoms with Gasteiger partial charge in [0.1, 0.15) is 16.9 Å². The van der Waals surface area contributed by atoms with Crippen LogP contribution in [0.5, 0.6) is 5.75 Å². The average molecular weight is 505 g/mol. The normalized spacial score (nSPS) is 12.8. The molecule has 0 saturated carbocycles. The van der Waals surface area contributed by atoms with Gasteiger partial charge in [0, 0.05) is 12.1 Å². The maximum atomic E-state index is 12.7. The van der Waals surface area contributed by atoms with Crippen molar-refractivity contribution in [3.05, 3.63) is 83.9 Å². The average Bonchev–Trinajstić information content (AvgIpc) is 2.84. The smallest absolute Gasteiger partial charge is 0.408 e. The summed E-state index contributed by atoms with van der Waals surface area (Å²) in [5.41, 5.74) is 3.09. The molecule has 7 nitrogen and oxygen atoms in total. The molecule has 3 aromatic carbocycles. The fraction of sp³-hybridized carbons (Fsp3) is 0.333. The fourth-order valence-corrected chi connectivity index (χ4v) is 3.63. The topological polar surface area (TPSA) is 96.9 Å². The third-order valence-electron chi connectivity index (χ3n) is 5.78. The molecule has 3 aromatic rings. The molecule has 0 spiro atoms. The van der Waals surface area contributed by atoms with Gasteiger partial charge in [-0.2, -0.15) is 0 Å². The molecule has 7 heteroatoms. The largest absolute Gasteiger partial charge is 0.493 e. The second-order valence-corrected chi connectivity index (χ2v) is 10.2. The molecule has 0 aliphatic heterocycles. The Labute approximate surface area is 218 Å². The molecule has 0 saturated heterocycles. The first-order chi connectivity index (χ1) is 17.5. The van der Waals surface area contributed by atoms with Crippen molar-refractivity contribution in [1.29, 1.82) is 0 Å². The van der Waals surface area contributed by atoms with Crippen molar-refractivity contribution < 1.29 is 24.2 Å². The molecule has 0 unspecified atom stereocenters. The van der Waals surface area contributed by atoms with Crippen LogP contribution in [0.3, 0.4) is 0 Å². The van der Waals surface area contributed by atoms with Gasteiger partial charge in [-0.25, -0.2) is 4.79 Å². The van der Waals surface area contributed by atoms with Gasteiger partial charge in [0.25, 0.3) is 5.91 Å². The highest BCUT2D eigenvalue weighted by atomic mass is 16.6. The molecular formula is C30H36N2O5. The summed E-state index contributed by atoms with van der Waals surface area (Å²) in [5, 5.41) is 14.9. The van der Waals surface area contributed by atoms with Crippen LogP contribution in [-0.4, -0.2) is 41.5 Å². The van der Waals surface area contributed by atoms with Crippen LogP contribution in [0.4, 0.5) is 10.5 Å². The highest BCUT2D eigenvalue weighted by Crippen LogP contribution is 2.24. The van der Waals surface area contributed by atoms with Gasteiger partial charge in [-0.3, -0.25) is 4.79 Å². The summed E-state index contributed by atoms with van der Waals surface area (Å²) in [7, 11) is 0. The molecule has 0 bridgehead atoms. The lowest BCUT2D eigenvalue weighted by Crippen LogP contribution is -2.58. The number of hydrogen-bond donors (Lipinski definition) is 3. The van der Waals surface area contributed by atoms with E-state index in [1.54, 1.807) is 45.0 Å². The maximum absolute atomic E-state index is 12.7. The van der Waals surface area contributed by atoms with E-state index in [9.17, 15) is 14.7 Å². The summed E-state index contributed by atoms with van der Waals surface area (Å²) in [4.78, 5) is 24.8. The lowest BCUT2D eigenvalue weighted by Gasteiger charge is -2.29. The Hall–Kier alpha value is -3.84. The second-order valence-electron chi connectivity index (χ2n) is 10.2. The highest BCUT2D eigenvalue weighted by Gasteiger charge is 2.36. The summed E-state index contributed by atoms with van der Waals surface area (Å²) in [6, 6.07) is 23.8. The van der Waals surface area contributed by atoms with E-state index < -0.39 is 29.7 Å². The number of aliphatic hydroxyl groups is 1. The minimum Gasteiger partial charge on any atom is -0.493 e. The number of aliphatic hydroxyl groups excluding tert-OH is 1. The molecule has 196 valence electrons.